The van der Waals surface area contributed by atoms with Gasteiger partial charge in [0.25, 0.3) is 0 Å². The quantitative estimate of drug-likeness (QED) is 0.499. The highest BCUT2D eigenvalue weighted by Crippen LogP contribution is 2.34. The van der Waals surface area contributed by atoms with Crippen molar-refractivity contribution in [2.75, 3.05) is 12.3 Å². The lowest BCUT2D eigenvalue weighted by atomic mass is 10.1. The summed E-state index contributed by atoms with van der Waals surface area (Å²) >= 11 is 8.99. The fourth-order valence-electron chi connectivity index (χ4n) is 2.44. The van der Waals surface area contributed by atoms with Crippen molar-refractivity contribution in [2.45, 2.75) is 25.3 Å². The van der Waals surface area contributed by atoms with Gasteiger partial charge in [-0.15, -0.1) is 11.3 Å². The maximum atomic E-state index is 12.1. The Morgan fingerprint density at radius 1 is 1.24 bits per heavy atom. The Hall–Kier alpha value is -1.63. The molecule has 0 atom stereocenters. The van der Waals surface area contributed by atoms with Crippen LogP contribution in [-0.2, 0) is 11.2 Å². The van der Waals surface area contributed by atoms with Crippen LogP contribution in [0.3, 0.4) is 0 Å². The van der Waals surface area contributed by atoms with Gasteiger partial charge in [0, 0.05) is 21.8 Å². The number of nitrogens with one attached hydrogen (secondary N) is 1. The Morgan fingerprint density at radius 2 is 2.00 bits per heavy atom. The number of aryl methyl sites for hydroxylation is 2. The molecule has 0 spiro atoms. The lowest BCUT2D eigenvalue weighted by Crippen LogP contribution is -2.27. The molecule has 2 heterocycles. The van der Waals surface area contributed by atoms with Crippen LogP contribution in [-0.4, -0.2) is 28.2 Å². The summed E-state index contributed by atoms with van der Waals surface area (Å²) in [7, 11) is 0. The summed E-state index contributed by atoms with van der Waals surface area (Å²) in [6, 6.07) is 7.67. The molecular weight excluding hydrogens is 374 g/mol. The van der Waals surface area contributed by atoms with Crippen LogP contribution in [0.2, 0.25) is 5.02 Å². The minimum absolute atomic E-state index is 0.00957. The third-order valence-corrected chi connectivity index (χ3v) is 6.28. The zero-order valence-corrected chi connectivity index (χ0v) is 16.4. The van der Waals surface area contributed by atoms with Crippen molar-refractivity contribution >= 4 is 50.8 Å². The number of benzene rings is 1. The molecule has 0 fully saturated rings. The average molecular weight is 392 g/mol. The van der Waals surface area contributed by atoms with Crippen molar-refractivity contribution in [1.82, 2.24) is 15.3 Å². The van der Waals surface area contributed by atoms with Gasteiger partial charge in [-0.25, -0.2) is 9.97 Å². The maximum Gasteiger partial charge on any atom is 0.230 e. The van der Waals surface area contributed by atoms with Crippen LogP contribution in [0.5, 0.6) is 0 Å². The number of hydrogen-bond donors (Lipinski definition) is 1. The fourth-order valence-corrected chi connectivity index (χ4v) is 4.51. The first-order valence-corrected chi connectivity index (χ1v) is 10.1. The van der Waals surface area contributed by atoms with E-state index < -0.39 is 0 Å². The normalized spacial score (nSPS) is 11.0. The van der Waals surface area contributed by atoms with Crippen molar-refractivity contribution in [1.29, 1.82) is 0 Å². The first-order valence-electron chi connectivity index (χ1n) is 7.89. The molecule has 25 heavy (non-hydrogen) atoms. The van der Waals surface area contributed by atoms with Gasteiger partial charge >= 0.3 is 0 Å². The van der Waals surface area contributed by atoms with E-state index in [1.807, 2.05) is 24.3 Å². The number of hydrogen-bond acceptors (Lipinski definition) is 5. The number of aromatic nitrogens is 2. The molecule has 0 radical (unpaired) electrons. The minimum Gasteiger partial charge on any atom is -0.355 e. The van der Waals surface area contributed by atoms with Gasteiger partial charge in [0.2, 0.25) is 5.91 Å². The third-order valence-electron chi connectivity index (χ3n) is 3.92. The summed E-state index contributed by atoms with van der Waals surface area (Å²) in [5, 5.41) is 5.62. The number of amides is 1. The summed E-state index contributed by atoms with van der Waals surface area (Å²) in [5.74, 6) is 0.358. The van der Waals surface area contributed by atoms with Crippen molar-refractivity contribution in [3.63, 3.8) is 0 Å². The van der Waals surface area contributed by atoms with Gasteiger partial charge in [-0.1, -0.05) is 35.5 Å². The number of carbonyl (C=O) groups is 1. The van der Waals surface area contributed by atoms with Crippen molar-refractivity contribution in [2.24, 2.45) is 0 Å². The summed E-state index contributed by atoms with van der Waals surface area (Å²) < 4.78 is 0. The highest BCUT2D eigenvalue weighted by Gasteiger charge is 2.13. The van der Waals surface area contributed by atoms with E-state index in [-0.39, 0.29) is 5.91 Å². The van der Waals surface area contributed by atoms with E-state index in [0.717, 1.165) is 32.2 Å². The molecule has 0 saturated carbocycles. The number of halogens is 1. The zero-order valence-electron chi connectivity index (χ0n) is 14.0. The molecule has 1 aromatic carbocycles. The van der Waals surface area contributed by atoms with Gasteiger partial charge in [-0.05, 0) is 43.5 Å². The topological polar surface area (TPSA) is 54.9 Å². The molecule has 0 aliphatic heterocycles. The van der Waals surface area contributed by atoms with E-state index in [4.69, 9.17) is 11.6 Å². The summed E-state index contributed by atoms with van der Waals surface area (Å²) in [6.07, 6.45) is 2.35. The fraction of sp³-hybridized carbons (Fsp3) is 0.278. The molecule has 7 heteroatoms. The van der Waals surface area contributed by atoms with Crippen LogP contribution in [0.25, 0.3) is 10.2 Å². The highest BCUT2D eigenvalue weighted by molar-refractivity contribution is 8.00. The molecule has 0 saturated heterocycles. The van der Waals surface area contributed by atoms with Crippen molar-refractivity contribution in [3.05, 3.63) is 51.6 Å². The summed E-state index contributed by atoms with van der Waals surface area (Å²) in [5.41, 5.74) is 2.35. The SMILES string of the molecule is Cc1sc2ncnc(SCC(=O)NCCc3ccc(Cl)cc3)c2c1C. The van der Waals surface area contributed by atoms with E-state index in [2.05, 4.69) is 29.1 Å². The number of rotatable bonds is 6. The molecule has 0 aliphatic rings. The molecule has 1 N–H and O–H groups in total. The highest BCUT2D eigenvalue weighted by atomic mass is 35.5. The first-order chi connectivity index (χ1) is 12.0. The summed E-state index contributed by atoms with van der Waals surface area (Å²) in [4.78, 5) is 23.0. The number of thiophene rings is 1. The van der Waals surface area contributed by atoms with E-state index in [0.29, 0.717) is 12.3 Å². The van der Waals surface area contributed by atoms with Gasteiger partial charge in [0.05, 0.1) is 5.75 Å². The summed E-state index contributed by atoms with van der Waals surface area (Å²) in [6.45, 7) is 4.77. The molecule has 0 bridgehead atoms. The van der Waals surface area contributed by atoms with Crippen LogP contribution in [0.1, 0.15) is 16.0 Å². The van der Waals surface area contributed by atoms with Crippen LogP contribution in [0.4, 0.5) is 0 Å². The maximum absolute atomic E-state index is 12.1. The van der Waals surface area contributed by atoms with Gasteiger partial charge in [0.1, 0.15) is 16.2 Å². The van der Waals surface area contributed by atoms with Gasteiger partial charge in [0.15, 0.2) is 0 Å². The number of fused-ring (bicyclic) bond motifs is 1. The van der Waals surface area contributed by atoms with Crippen molar-refractivity contribution in [3.8, 4) is 0 Å². The second kappa shape index (κ2) is 8.17. The third kappa shape index (κ3) is 4.51. The minimum atomic E-state index is 0.00957. The van der Waals surface area contributed by atoms with E-state index in [1.165, 1.54) is 22.2 Å². The Kier molecular flexibility index (Phi) is 5.93. The van der Waals surface area contributed by atoms with E-state index in [9.17, 15) is 4.79 Å². The molecule has 1 amide bonds. The van der Waals surface area contributed by atoms with Gasteiger partial charge < -0.3 is 5.32 Å². The Bertz CT molecular complexity index is 893. The smallest absolute Gasteiger partial charge is 0.230 e. The van der Waals surface area contributed by atoms with Crippen LogP contribution < -0.4 is 5.32 Å². The molecule has 3 aromatic rings. The molecule has 4 nitrogen and oxygen atoms in total. The number of nitrogens with zero attached hydrogens (tertiary/aromatic N) is 2. The van der Waals surface area contributed by atoms with Crippen LogP contribution in [0.15, 0.2) is 35.6 Å². The second-order valence-electron chi connectivity index (χ2n) is 5.66. The van der Waals surface area contributed by atoms with Crippen LogP contribution in [0, 0.1) is 13.8 Å². The van der Waals surface area contributed by atoms with E-state index in [1.54, 1.807) is 17.7 Å². The van der Waals surface area contributed by atoms with E-state index >= 15 is 0 Å². The molecule has 130 valence electrons. The number of thioether (sulfide) groups is 1. The second-order valence-corrected chi connectivity index (χ2v) is 8.26. The zero-order chi connectivity index (χ0) is 17.8. The largest absolute Gasteiger partial charge is 0.355 e. The standard InChI is InChI=1S/C18H18ClN3OS2/c1-11-12(2)25-18-16(11)17(21-10-22-18)24-9-15(23)20-8-7-13-3-5-14(19)6-4-13/h3-6,10H,7-9H2,1-2H3,(H,20,23). The number of carbonyl (C=O) groups excluding carboxylic acids is 1. The first kappa shape index (κ1) is 18.2. The molecule has 0 aliphatic carbocycles. The molecule has 3 rings (SSSR count). The predicted molar refractivity (Wildman–Crippen MR) is 106 cm³/mol. The Balaban J connectivity index is 1.53. The molecule has 2 aromatic heterocycles. The van der Waals surface area contributed by atoms with Gasteiger partial charge in [-0.3, -0.25) is 4.79 Å². The Labute approximate surface area is 160 Å². The lowest BCUT2D eigenvalue weighted by molar-refractivity contribution is -0.118. The van der Waals surface area contributed by atoms with Crippen LogP contribution >= 0.6 is 34.7 Å². The predicted octanol–water partition coefficient (Wildman–Crippen LogP) is 4.41. The molecular formula is C18H18ClN3OS2. The van der Waals surface area contributed by atoms with Gasteiger partial charge in [-0.2, -0.15) is 0 Å². The average Bonchev–Trinajstić information content (AvgIpc) is 2.90. The van der Waals surface area contributed by atoms with Crippen molar-refractivity contribution < 1.29 is 4.79 Å². The monoisotopic (exact) mass is 391 g/mol. The molecule has 0 unspecified atom stereocenters. The lowest BCUT2D eigenvalue weighted by Gasteiger charge is -2.06. The Morgan fingerprint density at radius 3 is 2.76 bits per heavy atom.